The largest absolute Gasteiger partial charge is 0.464 e. The fourth-order valence-electron chi connectivity index (χ4n) is 3.27. The predicted molar refractivity (Wildman–Crippen MR) is 87.6 cm³/mol. The smallest absolute Gasteiger partial charge is 0.277 e. The minimum Gasteiger partial charge on any atom is -0.464 e. The van der Waals surface area contributed by atoms with Crippen LogP contribution >= 0.6 is 0 Å². The number of allylic oxidation sites excluding steroid dienone is 4. The Morgan fingerprint density at radius 2 is 2.26 bits per heavy atom. The highest BCUT2D eigenvalue weighted by atomic mass is 16.5. The van der Waals surface area contributed by atoms with E-state index in [-0.39, 0.29) is 5.56 Å². The number of aryl methyl sites for hydroxylation is 2. The maximum absolute atomic E-state index is 12.5. The second-order valence-corrected chi connectivity index (χ2v) is 5.88. The molecule has 4 rings (SSSR count). The molecule has 118 valence electrons. The average molecular weight is 310 g/mol. The van der Waals surface area contributed by atoms with Gasteiger partial charge in [0.15, 0.2) is 5.52 Å². The van der Waals surface area contributed by atoms with Gasteiger partial charge in [-0.15, -0.1) is 0 Å². The number of H-pyrrole nitrogens is 1. The topological polar surface area (TPSA) is 72.8 Å². The lowest BCUT2D eigenvalue weighted by Gasteiger charge is -2.10. The molecule has 0 amide bonds. The normalized spacial score (nSPS) is 16.7. The fourth-order valence-corrected chi connectivity index (χ4v) is 3.27. The first-order valence-electron chi connectivity index (χ1n) is 7.91. The van der Waals surface area contributed by atoms with Gasteiger partial charge in [0, 0.05) is 12.6 Å². The van der Waals surface area contributed by atoms with Crippen LogP contribution in [0.1, 0.15) is 37.7 Å². The summed E-state index contributed by atoms with van der Waals surface area (Å²) in [7, 11) is 1.78. The maximum atomic E-state index is 12.5. The molecule has 0 aromatic carbocycles. The molecule has 6 nitrogen and oxygen atoms in total. The zero-order valence-corrected chi connectivity index (χ0v) is 13.2. The predicted octanol–water partition coefficient (Wildman–Crippen LogP) is 2.58. The summed E-state index contributed by atoms with van der Waals surface area (Å²) in [5.74, 6) is 1.43. The number of nitrogens with zero attached hydrogens (tertiary/aromatic N) is 3. The molecule has 2 aromatic heterocycles. The lowest BCUT2D eigenvalue weighted by Crippen LogP contribution is -2.14. The van der Waals surface area contributed by atoms with Gasteiger partial charge >= 0.3 is 0 Å². The van der Waals surface area contributed by atoms with E-state index in [1.165, 1.54) is 0 Å². The molecule has 0 radical (unpaired) electrons. The van der Waals surface area contributed by atoms with Crippen LogP contribution in [0.25, 0.3) is 16.6 Å². The van der Waals surface area contributed by atoms with Crippen molar-refractivity contribution in [3.63, 3.8) is 0 Å². The van der Waals surface area contributed by atoms with Crippen molar-refractivity contribution in [3.05, 3.63) is 51.6 Å². The van der Waals surface area contributed by atoms with Crippen molar-refractivity contribution in [1.29, 1.82) is 0 Å². The van der Waals surface area contributed by atoms with Crippen LogP contribution in [0.4, 0.5) is 0 Å². The number of rotatable bonds is 3. The highest BCUT2D eigenvalue weighted by molar-refractivity contribution is 5.80. The summed E-state index contributed by atoms with van der Waals surface area (Å²) in [5.41, 5.74) is 4.07. The van der Waals surface area contributed by atoms with Gasteiger partial charge in [-0.3, -0.25) is 9.48 Å². The molecule has 1 N–H and O–H groups in total. The first-order valence-corrected chi connectivity index (χ1v) is 7.91. The molecular formula is C17H18N4O2. The molecule has 2 aromatic rings. The molecule has 23 heavy (non-hydrogen) atoms. The third-order valence-electron chi connectivity index (χ3n) is 4.31. The Morgan fingerprint density at radius 1 is 1.39 bits per heavy atom. The van der Waals surface area contributed by atoms with E-state index in [9.17, 15) is 4.79 Å². The van der Waals surface area contributed by atoms with Crippen molar-refractivity contribution < 1.29 is 4.74 Å². The number of fused-ring (bicyclic) bond motifs is 2. The Hall–Kier alpha value is -2.63. The monoisotopic (exact) mass is 310 g/mol. The molecule has 0 unspecified atom stereocenters. The van der Waals surface area contributed by atoms with E-state index in [1.54, 1.807) is 18.0 Å². The summed E-state index contributed by atoms with van der Waals surface area (Å²) in [6.07, 6.45) is 9.10. The molecule has 0 saturated carbocycles. The molecular weight excluding hydrogens is 292 g/mol. The molecule has 0 spiro atoms. The summed E-state index contributed by atoms with van der Waals surface area (Å²) in [6.45, 7) is 2.09. The van der Waals surface area contributed by atoms with Gasteiger partial charge in [0.2, 0.25) is 0 Å². The first kappa shape index (κ1) is 14.0. The van der Waals surface area contributed by atoms with E-state index in [1.807, 2.05) is 6.08 Å². The molecule has 2 aliphatic rings. The fraction of sp³-hybridized carbons (Fsp3) is 0.353. The molecule has 1 aliphatic carbocycles. The van der Waals surface area contributed by atoms with Crippen LogP contribution < -0.4 is 5.56 Å². The van der Waals surface area contributed by atoms with Gasteiger partial charge in [-0.05, 0) is 30.9 Å². The van der Waals surface area contributed by atoms with Crippen LogP contribution in [0.5, 0.6) is 0 Å². The number of nitrogens with one attached hydrogen (secondary N) is 1. The summed E-state index contributed by atoms with van der Waals surface area (Å²) < 4.78 is 7.27. The van der Waals surface area contributed by atoms with Crippen molar-refractivity contribution in [1.82, 2.24) is 19.7 Å². The number of hydrogen-bond acceptors (Lipinski definition) is 4. The van der Waals surface area contributed by atoms with Gasteiger partial charge < -0.3 is 9.72 Å². The Labute approximate surface area is 133 Å². The highest BCUT2D eigenvalue weighted by Gasteiger charge is 2.26. The van der Waals surface area contributed by atoms with Crippen LogP contribution in [0.3, 0.4) is 0 Å². The first-order chi connectivity index (χ1) is 11.2. The van der Waals surface area contributed by atoms with Gasteiger partial charge in [-0.1, -0.05) is 19.4 Å². The van der Waals surface area contributed by atoms with E-state index in [0.29, 0.717) is 16.9 Å². The summed E-state index contributed by atoms with van der Waals surface area (Å²) in [6, 6.07) is 0. The third kappa shape index (κ3) is 2.13. The standard InChI is InChI=1S/C17H18N4O2/c1-3-5-12-13-14(21(2)20-12)17(22)19-16(18-13)11-8-7-10-6-4-9-23-15(10)11/h4,6,9H,3,5,7-8H2,1-2H3,(H,18,19,22). The summed E-state index contributed by atoms with van der Waals surface area (Å²) >= 11 is 0. The van der Waals surface area contributed by atoms with Gasteiger partial charge in [0.25, 0.3) is 5.56 Å². The Kier molecular flexibility index (Phi) is 3.18. The van der Waals surface area contributed by atoms with E-state index >= 15 is 0 Å². The maximum Gasteiger partial charge on any atom is 0.277 e. The number of hydrogen-bond donors (Lipinski definition) is 1. The van der Waals surface area contributed by atoms with Gasteiger partial charge in [0.1, 0.15) is 17.1 Å². The minimum atomic E-state index is -0.153. The van der Waals surface area contributed by atoms with E-state index in [0.717, 1.165) is 48.3 Å². The lowest BCUT2D eigenvalue weighted by atomic mass is 10.2. The Morgan fingerprint density at radius 3 is 3.09 bits per heavy atom. The summed E-state index contributed by atoms with van der Waals surface area (Å²) in [4.78, 5) is 20.1. The van der Waals surface area contributed by atoms with Crippen LogP contribution in [0, 0.1) is 0 Å². The minimum absolute atomic E-state index is 0.153. The molecule has 0 bridgehead atoms. The van der Waals surface area contributed by atoms with E-state index < -0.39 is 0 Å². The lowest BCUT2D eigenvalue weighted by molar-refractivity contribution is 0.361. The second kappa shape index (κ2) is 5.22. The third-order valence-corrected chi connectivity index (χ3v) is 4.31. The molecule has 3 heterocycles. The van der Waals surface area contributed by atoms with Crippen molar-refractivity contribution in [2.45, 2.75) is 32.6 Å². The highest BCUT2D eigenvalue weighted by Crippen LogP contribution is 2.38. The Balaban J connectivity index is 1.92. The summed E-state index contributed by atoms with van der Waals surface area (Å²) in [5, 5.41) is 4.45. The van der Waals surface area contributed by atoms with Crippen molar-refractivity contribution in [2.24, 2.45) is 7.05 Å². The molecule has 0 fully saturated rings. The van der Waals surface area contributed by atoms with Crippen molar-refractivity contribution in [3.8, 4) is 0 Å². The number of ether oxygens (including phenoxy) is 1. The number of aromatic amines is 1. The quantitative estimate of drug-likeness (QED) is 0.945. The zero-order valence-electron chi connectivity index (χ0n) is 13.2. The molecule has 0 atom stereocenters. The van der Waals surface area contributed by atoms with E-state index in [4.69, 9.17) is 9.72 Å². The Bertz CT molecular complexity index is 943. The SMILES string of the molecule is CCCc1nn(C)c2c(=O)[nH]c(C3=C4OC=CC=C4CC3)nc12. The second-order valence-electron chi connectivity index (χ2n) is 5.88. The van der Waals surface area contributed by atoms with Gasteiger partial charge in [0.05, 0.1) is 12.0 Å². The van der Waals surface area contributed by atoms with Crippen molar-refractivity contribution >= 4 is 16.6 Å². The van der Waals surface area contributed by atoms with Gasteiger partial charge in [-0.25, -0.2) is 4.98 Å². The van der Waals surface area contributed by atoms with Crippen LogP contribution in [-0.2, 0) is 18.2 Å². The molecule has 6 heteroatoms. The zero-order chi connectivity index (χ0) is 16.0. The molecule has 0 saturated heterocycles. The van der Waals surface area contributed by atoms with Gasteiger partial charge in [-0.2, -0.15) is 5.10 Å². The van der Waals surface area contributed by atoms with Crippen LogP contribution in [-0.4, -0.2) is 19.7 Å². The van der Waals surface area contributed by atoms with E-state index in [2.05, 4.69) is 23.1 Å². The number of aromatic nitrogens is 4. The van der Waals surface area contributed by atoms with Crippen molar-refractivity contribution in [2.75, 3.05) is 0 Å². The average Bonchev–Trinajstić information content (AvgIpc) is 3.10. The molecule has 1 aliphatic heterocycles. The van der Waals surface area contributed by atoms with Crippen LogP contribution in [0.2, 0.25) is 0 Å². The van der Waals surface area contributed by atoms with Crippen LogP contribution in [0.15, 0.2) is 34.5 Å².